The average molecular weight is 493 g/mol. The second-order valence-electron chi connectivity index (χ2n) is 10.9. The Balaban J connectivity index is 1.69. The lowest BCUT2D eigenvalue weighted by Crippen LogP contribution is -2.51. The highest BCUT2D eigenvalue weighted by atomic mass is 19.4. The molecule has 2 saturated carbocycles. The molecule has 0 amide bonds. The standard InChI is InChI=1S/C28H29F5O2/c1-15-23(29)12-17(13-24(15)30)21-14-26(2)22(7-8-27(26,35)9-10-28(31,32)33)20-5-3-16-11-18(34)4-6-19(16)25(20)21/h11-13,18,20-22,34-35H,3-8,14H2,1-2H3/t18?,20-,21+,22-,26-,27+/m0/s1. The summed E-state index contributed by atoms with van der Waals surface area (Å²) >= 11 is 0. The lowest BCUT2D eigenvalue weighted by atomic mass is 9.51. The van der Waals surface area contributed by atoms with Crippen LogP contribution in [0.2, 0.25) is 0 Å². The van der Waals surface area contributed by atoms with Crippen LogP contribution in [0.3, 0.4) is 0 Å². The molecule has 2 N–H and O–H groups in total. The minimum Gasteiger partial charge on any atom is -0.389 e. The van der Waals surface area contributed by atoms with Crippen LogP contribution in [0.1, 0.15) is 68.9 Å². The summed E-state index contributed by atoms with van der Waals surface area (Å²) in [5.74, 6) is 1.54. The highest BCUT2D eigenvalue weighted by Gasteiger charge is 2.62. The summed E-state index contributed by atoms with van der Waals surface area (Å²) in [7, 11) is 0. The maximum atomic E-state index is 14.7. The molecule has 1 unspecified atom stereocenters. The Morgan fingerprint density at radius 2 is 1.74 bits per heavy atom. The van der Waals surface area contributed by atoms with E-state index in [2.05, 4.69) is 5.92 Å². The van der Waals surface area contributed by atoms with Crippen molar-refractivity contribution < 1.29 is 32.2 Å². The minimum atomic E-state index is -4.72. The molecule has 0 heterocycles. The topological polar surface area (TPSA) is 40.5 Å². The summed E-state index contributed by atoms with van der Waals surface area (Å²) < 4.78 is 68.3. The van der Waals surface area contributed by atoms with E-state index in [9.17, 15) is 32.2 Å². The van der Waals surface area contributed by atoms with Crippen molar-refractivity contribution in [1.82, 2.24) is 0 Å². The number of benzene rings is 1. The van der Waals surface area contributed by atoms with Crippen molar-refractivity contribution in [2.24, 2.45) is 17.3 Å². The Hall–Kier alpha value is -2.17. The Morgan fingerprint density at radius 1 is 1.06 bits per heavy atom. The summed E-state index contributed by atoms with van der Waals surface area (Å²) in [6, 6.07) is 2.64. The molecular formula is C28H29F5O2. The van der Waals surface area contributed by atoms with E-state index < -0.39 is 40.8 Å². The fourth-order valence-electron chi connectivity index (χ4n) is 7.33. The van der Waals surface area contributed by atoms with E-state index in [1.807, 2.05) is 6.08 Å². The van der Waals surface area contributed by atoms with Crippen LogP contribution in [0.4, 0.5) is 22.0 Å². The zero-order chi connectivity index (χ0) is 25.3. The first-order valence-electron chi connectivity index (χ1n) is 12.2. The van der Waals surface area contributed by atoms with E-state index in [1.54, 1.807) is 6.92 Å². The molecule has 0 aliphatic heterocycles. The van der Waals surface area contributed by atoms with E-state index in [0.717, 1.165) is 23.1 Å². The second kappa shape index (κ2) is 8.18. The molecule has 2 nitrogen and oxygen atoms in total. The fourth-order valence-corrected chi connectivity index (χ4v) is 7.33. The monoisotopic (exact) mass is 492 g/mol. The number of hydrogen-bond acceptors (Lipinski definition) is 2. The molecule has 4 aliphatic rings. The van der Waals surface area contributed by atoms with Crippen LogP contribution in [0, 0.1) is 47.6 Å². The van der Waals surface area contributed by atoms with Crippen LogP contribution in [-0.2, 0) is 0 Å². The van der Waals surface area contributed by atoms with Crippen molar-refractivity contribution in [1.29, 1.82) is 0 Å². The molecule has 6 atom stereocenters. The van der Waals surface area contributed by atoms with Crippen molar-refractivity contribution >= 4 is 0 Å². The number of rotatable bonds is 1. The first-order valence-corrected chi connectivity index (χ1v) is 12.2. The lowest BCUT2D eigenvalue weighted by Gasteiger charge is -2.54. The maximum Gasteiger partial charge on any atom is 0.457 e. The van der Waals surface area contributed by atoms with E-state index >= 15 is 0 Å². The van der Waals surface area contributed by atoms with Crippen LogP contribution in [0.25, 0.3) is 0 Å². The SMILES string of the molecule is Cc1c(F)cc([C@H]2C[C@@]3(C)[C@@H](CC[C@@]3(O)C#CC(F)(F)F)[C@@H]3CCC4=CC(O)CCC4=C32)cc1F. The predicted molar refractivity (Wildman–Crippen MR) is 121 cm³/mol. The molecule has 0 radical (unpaired) electrons. The van der Waals surface area contributed by atoms with E-state index in [1.165, 1.54) is 25.0 Å². The number of halogens is 5. The van der Waals surface area contributed by atoms with E-state index in [-0.39, 0.29) is 30.2 Å². The van der Waals surface area contributed by atoms with E-state index in [0.29, 0.717) is 31.2 Å². The molecule has 35 heavy (non-hydrogen) atoms. The van der Waals surface area contributed by atoms with Crippen molar-refractivity contribution in [3.63, 3.8) is 0 Å². The molecule has 0 aromatic heterocycles. The molecule has 2 fully saturated rings. The summed E-state index contributed by atoms with van der Waals surface area (Å²) in [6.45, 7) is 3.16. The van der Waals surface area contributed by atoms with Gasteiger partial charge in [0.1, 0.15) is 17.2 Å². The number of allylic oxidation sites excluding steroid dienone is 3. The normalized spacial score (nSPS) is 36.5. The van der Waals surface area contributed by atoms with Gasteiger partial charge in [-0.3, -0.25) is 0 Å². The third-order valence-electron chi connectivity index (χ3n) is 9.13. The van der Waals surface area contributed by atoms with Gasteiger partial charge in [-0.15, -0.1) is 0 Å². The number of hydrogen-bond donors (Lipinski definition) is 2. The maximum absolute atomic E-state index is 14.7. The van der Waals surface area contributed by atoms with Crippen molar-refractivity contribution in [3.8, 4) is 11.8 Å². The lowest BCUT2D eigenvalue weighted by molar-refractivity contribution is -0.0739. The predicted octanol–water partition coefficient (Wildman–Crippen LogP) is 6.26. The van der Waals surface area contributed by atoms with Gasteiger partial charge in [0.05, 0.1) is 6.10 Å². The fraction of sp³-hybridized carbons (Fsp3) is 0.571. The Morgan fingerprint density at radius 3 is 2.40 bits per heavy atom. The molecule has 1 aromatic rings. The minimum absolute atomic E-state index is 0.0321. The molecule has 0 bridgehead atoms. The first kappa shape index (κ1) is 24.5. The first-order chi connectivity index (χ1) is 16.3. The van der Waals surface area contributed by atoms with Gasteiger partial charge < -0.3 is 10.2 Å². The average Bonchev–Trinajstić information content (AvgIpc) is 3.05. The summed E-state index contributed by atoms with van der Waals surface area (Å²) in [6.07, 6.45) is 0.166. The van der Waals surface area contributed by atoms with Gasteiger partial charge in [0.2, 0.25) is 0 Å². The zero-order valence-electron chi connectivity index (χ0n) is 19.8. The van der Waals surface area contributed by atoms with Crippen LogP contribution in [0.5, 0.6) is 0 Å². The van der Waals surface area contributed by atoms with Gasteiger partial charge in [0, 0.05) is 22.8 Å². The molecule has 1 aromatic carbocycles. The van der Waals surface area contributed by atoms with Gasteiger partial charge in [-0.1, -0.05) is 24.5 Å². The number of aliphatic hydroxyl groups is 2. The van der Waals surface area contributed by atoms with Crippen LogP contribution < -0.4 is 0 Å². The molecule has 0 saturated heterocycles. The molecule has 5 rings (SSSR count). The summed E-state index contributed by atoms with van der Waals surface area (Å²) in [4.78, 5) is 0. The van der Waals surface area contributed by atoms with Crippen molar-refractivity contribution in [3.05, 3.63) is 57.7 Å². The Labute approximate surface area is 201 Å². The van der Waals surface area contributed by atoms with Gasteiger partial charge >= 0.3 is 6.18 Å². The third kappa shape index (κ3) is 3.94. The van der Waals surface area contributed by atoms with Crippen molar-refractivity contribution in [2.75, 3.05) is 0 Å². The van der Waals surface area contributed by atoms with Crippen LogP contribution in [-0.4, -0.2) is 28.1 Å². The second-order valence-corrected chi connectivity index (χ2v) is 10.9. The van der Waals surface area contributed by atoms with Crippen LogP contribution >= 0.6 is 0 Å². The number of aliphatic hydroxyl groups excluding tert-OH is 1. The molecule has 4 aliphatic carbocycles. The quantitative estimate of drug-likeness (QED) is 0.359. The smallest absolute Gasteiger partial charge is 0.389 e. The zero-order valence-corrected chi connectivity index (χ0v) is 19.8. The van der Waals surface area contributed by atoms with E-state index in [4.69, 9.17) is 0 Å². The van der Waals surface area contributed by atoms with Gasteiger partial charge in [-0.25, -0.2) is 8.78 Å². The largest absolute Gasteiger partial charge is 0.457 e. The summed E-state index contributed by atoms with van der Waals surface area (Å²) in [5.41, 5.74) is 0.774. The number of alkyl halides is 3. The molecule has 0 spiro atoms. The van der Waals surface area contributed by atoms with Gasteiger partial charge in [0.15, 0.2) is 0 Å². The Kier molecular flexibility index (Phi) is 5.73. The number of fused-ring (bicyclic) bond motifs is 4. The van der Waals surface area contributed by atoms with Crippen molar-refractivity contribution in [2.45, 2.75) is 82.6 Å². The highest BCUT2D eigenvalue weighted by Crippen LogP contribution is 2.66. The summed E-state index contributed by atoms with van der Waals surface area (Å²) in [5, 5.41) is 21.7. The van der Waals surface area contributed by atoms with Gasteiger partial charge in [-0.2, -0.15) is 13.2 Å². The van der Waals surface area contributed by atoms with Gasteiger partial charge in [-0.05, 0) is 92.5 Å². The molecular weight excluding hydrogens is 463 g/mol. The van der Waals surface area contributed by atoms with Gasteiger partial charge in [0.25, 0.3) is 0 Å². The van der Waals surface area contributed by atoms with Crippen LogP contribution in [0.15, 0.2) is 34.9 Å². The highest BCUT2D eigenvalue weighted by molar-refractivity contribution is 5.50. The third-order valence-corrected chi connectivity index (χ3v) is 9.13. The molecule has 7 heteroatoms. The Bertz CT molecular complexity index is 1160. The molecule has 188 valence electrons.